The van der Waals surface area contributed by atoms with Crippen LogP contribution in [0.3, 0.4) is 0 Å². The van der Waals surface area contributed by atoms with Crippen molar-refractivity contribution in [3.63, 3.8) is 0 Å². The Balaban J connectivity index is 4.08. The molecule has 0 fully saturated rings. The molecule has 0 spiro atoms. The van der Waals surface area contributed by atoms with Crippen molar-refractivity contribution in [1.82, 2.24) is 5.32 Å². The Labute approximate surface area is 77.6 Å². The first-order valence-corrected chi connectivity index (χ1v) is 4.84. The summed E-state index contributed by atoms with van der Waals surface area (Å²) < 4.78 is 0. The maximum Gasteiger partial charge on any atom is 0.183 e. The van der Waals surface area contributed by atoms with E-state index in [1.807, 2.05) is 25.4 Å². The molecule has 0 rings (SSSR count). The van der Waals surface area contributed by atoms with Crippen LogP contribution in [0.1, 0.15) is 13.3 Å². The van der Waals surface area contributed by atoms with Gasteiger partial charge in [-0.1, -0.05) is 17.8 Å². The molecule has 0 radical (unpaired) electrons. The summed E-state index contributed by atoms with van der Waals surface area (Å²) in [6.07, 6.45) is 6.37. The van der Waals surface area contributed by atoms with Gasteiger partial charge < -0.3 is 0 Å². The van der Waals surface area contributed by atoms with Gasteiger partial charge in [-0.3, -0.25) is 10.3 Å². The van der Waals surface area contributed by atoms with Gasteiger partial charge in [-0.25, -0.2) is 0 Å². The zero-order chi connectivity index (χ0) is 9.40. The van der Waals surface area contributed by atoms with Crippen LogP contribution in [-0.4, -0.2) is 17.5 Å². The standard InChI is InChI=1S/C8H13N3S/c1-4-5-7(2)11-8(12-3)10-6-9/h4,7H,1,5H2,2-3H3,(H,10,11). The van der Waals surface area contributed by atoms with Crippen molar-refractivity contribution >= 4 is 16.9 Å². The van der Waals surface area contributed by atoms with Crippen molar-refractivity contribution in [3.8, 4) is 6.19 Å². The lowest BCUT2D eigenvalue weighted by Crippen LogP contribution is -2.15. The van der Waals surface area contributed by atoms with Crippen LogP contribution in [0.5, 0.6) is 0 Å². The number of nitriles is 1. The summed E-state index contributed by atoms with van der Waals surface area (Å²) in [5, 5.41) is 11.5. The smallest absolute Gasteiger partial charge is 0.183 e. The minimum absolute atomic E-state index is 0.186. The molecular formula is C8H13N3S. The van der Waals surface area contributed by atoms with Gasteiger partial charge >= 0.3 is 0 Å². The molecule has 0 aromatic rings. The van der Waals surface area contributed by atoms with Gasteiger partial charge in [0.05, 0.1) is 6.04 Å². The topological polar surface area (TPSA) is 48.2 Å². The van der Waals surface area contributed by atoms with Crippen LogP contribution in [0.15, 0.2) is 17.6 Å². The summed E-state index contributed by atoms with van der Waals surface area (Å²) in [7, 11) is 0. The molecule has 0 heterocycles. The van der Waals surface area contributed by atoms with E-state index in [-0.39, 0.29) is 6.04 Å². The highest BCUT2D eigenvalue weighted by Gasteiger charge is 1.99. The van der Waals surface area contributed by atoms with E-state index < -0.39 is 0 Å². The SMILES string of the molecule is C=CCC(C)N=C(NC#N)SC. The van der Waals surface area contributed by atoms with E-state index in [1.54, 1.807) is 0 Å². The summed E-state index contributed by atoms with van der Waals surface area (Å²) in [4.78, 5) is 4.25. The van der Waals surface area contributed by atoms with Crippen LogP contribution in [0.4, 0.5) is 0 Å². The molecule has 1 unspecified atom stereocenters. The Kier molecular flexibility index (Phi) is 6.21. The molecule has 4 heteroatoms. The summed E-state index contributed by atoms with van der Waals surface area (Å²) in [5.74, 6) is 0. The first-order chi connectivity index (χ1) is 5.74. The lowest BCUT2D eigenvalue weighted by atomic mass is 10.2. The van der Waals surface area contributed by atoms with Gasteiger partial charge in [0, 0.05) is 0 Å². The van der Waals surface area contributed by atoms with E-state index in [0.717, 1.165) is 6.42 Å². The van der Waals surface area contributed by atoms with Gasteiger partial charge in [-0.05, 0) is 19.6 Å². The number of hydrogen-bond donors (Lipinski definition) is 1. The Bertz CT molecular complexity index is 205. The van der Waals surface area contributed by atoms with Crippen molar-refractivity contribution in [1.29, 1.82) is 5.26 Å². The first-order valence-electron chi connectivity index (χ1n) is 3.62. The molecule has 66 valence electrons. The van der Waals surface area contributed by atoms with Gasteiger partial charge in [-0.2, -0.15) is 5.26 Å². The minimum atomic E-state index is 0.186. The molecule has 0 aromatic carbocycles. The van der Waals surface area contributed by atoms with E-state index in [9.17, 15) is 0 Å². The fourth-order valence-electron chi connectivity index (χ4n) is 0.678. The van der Waals surface area contributed by atoms with Gasteiger partial charge in [0.25, 0.3) is 0 Å². The predicted molar refractivity (Wildman–Crippen MR) is 54.0 cm³/mol. The van der Waals surface area contributed by atoms with Crippen LogP contribution in [0, 0.1) is 11.5 Å². The second-order valence-electron chi connectivity index (χ2n) is 2.25. The number of thioether (sulfide) groups is 1. The minimum Gasteiger partial charge on any atom is -0.272 e. The average Bonchev–Trinajstić information content (AvgIpc) is 2.04. The van der Waals surface area contributed by atoms with E-state index in [1.165, 1.54) is 11.8 Å². The van der Waals surface area contributed by atoms with Gasteiger partial charge in [-0.15, -0.1) is 6.58 Å². The predicted octanol–water partition coefficient (Wildman–Crippen LogP) is 1.74. The molecule has 0 saturated carbocycles. The van der Waals surface area contributed by atoms with Crippen LogP contribution in [-0.2, 0) is 0 Å². The number of amidine groups is 1. The van der Waals surface area contributed by atoms with E-state index in [0.29, 0.717) is 5.17 Å². The number of hydrogen-bond acceptors (Lipinski definition) is 3. The van der Waals surface area contributed by atoms with Crippen LogP contribution < -0.4 is 5.32 Å². The van der Waals surface area contributed by atoms with E-state index in [2.05, 4.69) is 16.9 Å². The van der Waals surface area contributed by atoms with E-state index >= 15 is 0 Å². The van der Waals surface area contributed by atoms with Crippen molar-refractivity contribution in [2.45, 2.75) is 19.4 Å². The third kappa shape index (κ3) is 4.80. The lowest BCUT2D eigenvalue weighted by molar-refractivity contribution is 0.759. The molecule has 0 amide bonds. The molecule has 3 nitrogen and oxygen atoms in total. The molecule has 0 aromatic heterocycles. The summed E-state index contributed by atoms with van der Waals surface area (Å²) in [5.41, 5.74) is 0. The van der Waals surface area contributed by atoms with Gasteiger partial charge in [0.15, 0.2) is 11.4 Å². The molecule has 1 atom stereocenters. The average molecular weight is 183 g/mol. The number of nitrogens with zero attached hydrogens (tertiary/aromatic N) is 2. The molecular weight excluding hydrogens is 170 g/mol. The van der Waals surface area contributed by atoms with Crippen LogP contribution in [0.2, 0.25) is 0 Å². The molecule has 0 aliphatic carbocycles. The Morgan fingerprint density at radius 1 is 1.92 bits per heavy atom. The van der Waals surface area contributed by atoms with Crippen molar-refractivity contribution < 1.29 is 0 Å². The highest BCUT2D eigenvalue weighted by Crippen LogP contribution is 2.02. The number of nitrogens with one attached hydrogen (secondary N) is 1. The van der Waals surface area contributed by atoms with Crippen LogP contribution in [0.25, 0.3) is 0 Å². The molecule has 12 heavy (non-hydrogen) atoms. The fourth-order valence-corrected chi connectivity index (χ4v) is 1.11. The van der Waals surface area contributed by atoms with Crippen molar-refractivity contribution in [2.75, 3.05) is 6.26 Å². The normalized spacial score (nSPS) is 13.2. The zero-order valence-corrected chi connectivity index (χ0v) is 8.19. The van der Waals surface area contributed by atoms with Gasteiger partial charge in [0.2, 0.25) is 0 Å². The van der Waals surface area contributed by atoms with Crippen molar-refractivity contribution in [3.05, 3.63) is 12.7 Å². The monoisotopic (exact) mass is 183 g/mol. The third-order valence-corrected chi connectivity index (χ3v) is 1.80. The second kappa shape index (κ2) is 6.74. The molecule has 0 bridgehead atoms. The zero-order valence-electron chi connectivity index (χ0n) is 7.37. The van der Waals surface area contributed by atoms with Gasteiger partial charge in [0.1, 0.15) is 0 Å². The summed E-state index contributed by atoms with van der Waals surface area (Å²) in [6, 6.07) is 0.186. The largest absolute Gasteiger partial charge is 0.272 e. The maximum atomic E-state index is 8.34. The van der Waals surface area contributed by atoms with Crippen LogP contribution >= 0.6 is 11.8 Å². The number of aliphatic imine (C=N–C) groups is 1. The second-order valence-corrected chi connectivity index (χ2v) is 3.04. The maximum absolute atomic E-state index is 8.34. The Hall–Kier alpha value is -0.950. The first kappa shape index (κ1) is 11.1. The number of rotatable bonds is 3. The highest BCUT2D eigenvalue weighted by molar-refractivity contribution is 8.13. The molecule has 0 saturated heterocycles. The molecule has 1 N–H and O–H groups in total. The Morgan fingerprint density at radius 3 is 3.00 bits per heavy atom. The lowest BCUT2D eigenvalue weighted by Gasteiger charge is -2.04. The fraction of sp³-hybridized carbons (Fsp3) is 0.500. The highest BCUT2D eigenvalue weighted by atomic mass is 32.2. The quantitative estimate of drug-likeness (QED) is 0.238. The summed E-state index contributed by atoms with van der Waals surface area (Å²) >= 11 is 1.43. The molecule has 0 aliphatic heterocycles. The Morgan fingerprint density at radius 2 is 2.58 bits per heavy atom. The van der Waals surface area contributed by atoms with Crippen molar-refractivity contribution in [2.24, 2.45) is 4.99 Å². The van der Waals surface area contributed by atoms with E-state index in [4.69, 9.17) is 5.26 Å². The third-order valence-electron chi connectivity index (χ3n) is 1.20. The molecule has 0 aliphatic rings. The summed E-state index contributed by atoms with van der Waals surface area (Å²) in [6.45, 7) is 5.60.